The molecule has 0 aliphatic heterocycles. The summed E-state index contributed by atoms with van der Waals surface area (Å²) < 4.78 is 4.27. The van der Waals surface area contributed by atoms with Crippen molar-refractivity contribution in [2.45, 2.75) is 0 Å². The number of hydrogen-bond acceptors (Lipinski definition) is 4. The standard InChI is InChI=1S/C5H8N2O2S/c1-9-5(8)3(6)2-4(7)10/h2H,6H2,1H3,(H2,7,10). The zero-order chi connectivity index (χ0) is 8.15. The van der Waals surface area contributed by atoms with E-state index in [4.69, 9.17) is 11.5 Å². The predicted molar refractivity (Wildman–Crippen MR) is 41.1 cm³/mol. The molecule has 0 fully saturated rings. The minimum Gasteiger partial charge on any atom is -0.464 e. The maximum absolute atomic E-state index is 10.5. The zero-order valence-corrected chi connectivity index (χ0v) is 6.27. The molecule has 0 radical (unpaired) electrons. The number of carbonyl (C=O) groups is 1. The maximum atomic E-state index is 10.5. The highest BCUT2D eigenvalue weighted by molar-refractivity contribution is 7.80. The van der Waals surface area contributed by atoms with Crippen LogP contribution in [-0.2, 0) is 9.53 Å². The first-order valence-corrected chi connectivity index (χ1v) is 2.83. The van der Waals surface area contributed by atoms with Crippen molar-refractivity contribution in [3.05, 3.63) is 11.8 Å². The van der Waals surface area contributed by atoms with Crippen LogP contribution in [0, 0.1) is 0 Å². The van der Waals surface area contributed by atoms with Crippen molar-refractivity contribution in [3.8, 4) is 0 Å². The second-order valence-electron chi connectivity index (χ2n) is 1.49. The molecule has 0 aromatic rings. The topological polar surface area (TPSA) is 78.3 Å². The van der Waals surface area contributed by atoms with Crippen molar-refractivity contribution in [3.63, 3.8) is 0 Å². The molecule has 0 heterocycles. The van der Waals surface area contributed by atoms with Crippen molar-refractivity contribution in [1.29, 1.82) is 0 Å². The molecule has 4 nitrogen and oxygen atoms in total. The number of methoxy groups -OCH3 is 1. The molecule has 0 atom stereocenters. The highest BCUT2D eigenvalue weighted by Gasteiger charge is 2.02. The fraction of sp³-hybridized carbons (Fsp3) is 0.200. The van der Waals surface area contributed by atoms with Crippen molar-refractivity contribution in [2.24, 2.45) is 11.5 Å². The first-order chi connectivity index (χ1) is 4.57. The Morgan fingerprint density at radius 3 is 2.40 bits per heavy atom. The van der Waals surface area contributed by atoms with Gasteiger partial charge in [-0.05, 0) is 0 Å². The van der Waals surface area contributed by atoms with Crippen molar-refractivity contribution in [2.75, 3.05) is 7.11 Å². The Morgan fingerprint density at radius 2 is 2.10 bits per heavy atom. The van der Waals surface area contributed by atoms with Gasteiger partial charge in [-0.3, -0.25) is 0 Å². The van der Waals surface area contributed by atoms with E-state index in [0.29, 0.717) is 0 Å². The molecule has 0 rings (SSSR count). The molecule has 0 aromatic carbocycles. The van der Waals surface area contributed by atoms with Crippen molar-refractivity contribution < 1.29 is 9.53 Å². The van der Waals surface area contributed by atoms with Crippen molar-refractivity contribution >= 4 is 23.2 Å². The van der Waals surface area contributed by atoms with E-state index < -0.39 is 5.97 Å². The van der Waals surface area contributed by atoms with Crippen LogP contribution in [0.5, 0.6) is 0 Å². The van der Waals surface area contributed by atoms with Crippen molar-refractivity contribution in [1.82, 2.24) is 0 Å². The lowest BCUT2D eigenvalue weighted by Crippen LogP contribution is -2.16. The van der Waals surface area contributed by atoms with E-state index in [2.05, 4.69) is 17.0 Å². The van der Waals surface area contributed by atoms with Gasteiger partial charge in [0.2, 0.25) is 0 Å². The number of hydrogen-bond donors (Lipinski definition) is 2. The third-order valence-corrected chi connectivity index (χ3v) is 0.837. The average molecular weight is 160 g/mol. The van der Waals surface area contributed by atoms with Crippen LogP contribution in [0.2, 0.25) is 0 Å². The summed E-state index contributed by atoms with van der Waals surface area (Å²) in [6, 6.07) is 0. The van der Waals surface area contributed by atoms with Crippen LogP contribution in [0.15, 0.2) is 11.8 Å². The Kier molecular flexibility index (Phi) is 3.42. The van der Waals surface area contributed by atoms with Crippen LogP contribution < -0.4 is 11.5 Å². The summed E-state index contributed by atoms with van der Waals surface area (Å²) in [6.45, 7) is 0. The molecule has 0 aliphatic carbocycles. The molecule has 10 heavy (non-hydrogen) atoms. The first kappa shape index (κ1) is 8.90. The van der Waals surface area contributed by atoms with Gasteiger partial charge in [0.25, 0.3) is 0 Å². The monoisotopic (exact) mass is 160 g/mol. The Bertz CT molecular complexity index is 188. The Labute approximate surface area is 63.8 Å². The van der Waals surface area contributed by atoms with Gasteiger partial charge >= 0.3 is 5.97 Å². The smallest absolute Gasteiger partial charge is 0.354 e. The van der Waals surface area contributed by atoms with Crippen LogP contribution >= 0.6 is 12.2 Å². The lowest BCUT2D eigenvalue weighted by atomic mass is 10.4. The highest BCUT2D eigenvalue weighted by atomic mass is 32.1. The van der Waals surface area contributed by atoms with E-state index in [0.717, 1.165) is 0 Å². The van der Waals surface area contributed by atoms with Gasteiger partial charge < -0.3 is 16.2 Å². The van der Waals surface area contributed by atoms with Gasteiger partial charge in [0, 0.05) is 6.08 Å². The summed E-state index contributed by atoms with van der Waals surface area (Å²) in [6.07, 6.45) is 1.17. The molecule has 0 bridgehead atoms. The van der Waals surface area contributed by atoms with Gasteiger partial charge in [0.1, 0.15) is 5.70 Å². The molecular formula is C5H8N2O2S. The molecule has 0 saturated carbocycles. The number of esters is 1. The maximum Gasteiger partial charge on any atom is 0.354 e. The summed E-state index contributed by atoms with van der Waals surface area (Å²) in [4.78, 5) is 10.6. The summed E-state index contributed by atoms with van der Waals surface area (Å²) >= 11 is 4.45. The highest BCUT2D eigenvalue weighted by Crippen LogP contribution is 1.86. The molecule has 56 valence electrons. The number of carbonyl (C=O) groups excluding carboxylic acids is 1. The lowest BCUT2D eigenvalue weighted by Gasteiger charge is -1.96. The SMILES string of the molecule is COC(=O)C(N)=CC(N)=S. The Balaban J connectivity index is 4.19. The quantitative estimate of drug-likeness (QED) is 0.317. The molecular weight excluding hydrogens is 152 g/mol. The second kappa shape index (κ2) is 3.84. The molecule has 5 heteroatoms. The number of thiocarbonyl (C=S) groups is 1. The Hall–Kier alpha value is -1.10. The van der Waals surface area contributed by atoms with Crippen LogP contribution in [-0.4, -0.2) is 18.1 Å². The van der Waals surface area contributed by atoms with Gasteiger partial charge in [0.05, 0.1) is 12.1 Å². The van der Waals surface area contributed by atoms with Gasteiger partial charge in [-0.15, -0.1) is 0 Å². The minimum absolute atomic E-state index is 0.0582. The molecule has 0 spiro atoms. The van der Waals surface area contributed by atoms with Gasteiger partial charge in [-0.25, -0.2) is 4.79 Å². The fourth-order valence-electron chi connectivity index (χ4n) is 0.330. The first-order valence-electron chi connectivity index (χ1n) is 2.43. The normalized spacial score (nSPS) is 10.7. The minimum atomic E-state index is -0.632. The summed E-state index contributed by atoms with van der Waals surface area (Å²) in [7, 11) is 1.22. The van der Waals surface area contributed by atoms with E-state index in [9.17, 15) is 4.79 Å². The summed E-state index contributed by atoms with van der Waals surface area (Å²) in [5.74, 6) is -0.632. The van der Waals surface area contributed by atoms with Crippen LogP contribution in [0.1, 0.15) is 0 Å². The molecule has 0 saturated heterocycles. The van der Waals surface area contributed by atoms with Gasteiger partial charge in [-0.1, -0.05) is 12.2 Å². The van der Waals surface area contributed by atoms with Crippen LogP contribution in [0.25, 0.3) is 0 Å². The van der Waals surface area contributed by atoms with Crippen LogP contribution in [0.4, 0.5) is 0 Å². The second-order valence-corrected chi connectivity index (χ2v) is 1.97. The fourth-order valence-corrected chi connectivity index (χ4v) is 0.457. The lowest BCUT2D eigenvalue weighted by molar-refractivity contribution is -0.136. The van der Waals surface area contributed by atoms with E-state index >= 15 is 0 Å². The van der Waals surface area contributed by atoms with Crippen LogP contribution in [0.3, 0.4) is 0 Å². The molecule has 0 unspecified atom stereocenters. The Morgan fingerprint density at radius 1 is 1.60 bits per heavy atom. The number of ether oxygens (including phenoxy) is 1. The summed E-state index contributed by atoms with van der Waals surface area (Å²) in [5.41, 5.74) is 10.1. The molecule has 4 N–H and O–H groups in total. The predicted octanol–water partition coefficient (Wildman–Crippen LogP) is -0.712. The van der Waals surface area contributed by atoms with E-state index in [-0.39, 0.29) is 10.7 Å². The zero-order valence-electron chi connectivity index (χ0n) is 5.46. The van der Waals surface area contributed by atoms with E-state index in [1.54, 1.807) is 0 Å². The van der Waals surface area contributed by atoms with Gasteiger partial charge in [0.15, 0.2) is 0 Å². The third-order valence-electron chi connectivity index (χ3n) is 0.719. The summed E-state index contributed by atoms with van der Waals surface area (Å²) in [5, 5.41) is 0. The third kappa shape index (κ3) is 3.03. The molecule has 0 amide bonds. The van der Waals surface area contributed by atoms with E-state index in [1.807, 2.05) is 0 Å². The number of nitrogens with two attached hydrogens (primary N) is 2. The largest absolute Gasteiger partial charge is 0.464 e. The number of rotatable bonds is 2. The van der Waals surface area contributed by atoms with E-state index in [1.165, 1.54) is 13.2 Å². The average Bonchev–Trinajstić information content (AvgIpc) is 1.85. The molecule has 0 aromatic heterocycles. The van der Waals surface area contributed by atoms with Gasteiger partial charge in [-0.2, -0.15) is 0 Å². The molecule has 0 aliphatic rings.